The lowest BCUT2D eigenvalue weighted by Crippen LogP contribution is -2.61. The first-order valence-electron chi connectivity index (χ1n) is 7.67. The summed E-state index contributed by atoms with van der Waals surface area (Å²) in [7, 11) is 0. The van der Waals surface area contributed by atoms with Gasteiger partial charge >= 0.3 is 0 Å². The van der Waals surface area contributed by atoms with Gasteiger partial charge in [0.25, 0.3) is 0 Å². The Bertz CT molecular complexity index is 540. The third-order valence-electron chi connectivity index (χ3n) is 5.71. The topological polar surface area (TPSA) is 63.0 Å². The molecule has 4 atom stereocenters. The molecule has 2 unspecified atom stereocenters. The van der Waals surface area contributed by atoms with E-state index in [0.29, 0.717) is 28.3 Å². The summed E-state index contributed by atoms with van der Waals surface area (Å²) in [5.41, 5.74) is 6.96. The number of hydrogen-bond acceptors (Lipinski definition) is 3. The number of nitrogens with zero attached hydrogens (tertiary/aromatic N) is 1. The summed E-state index contributed by atoms with van der Waals surface area (Å²) in [5.74, 6) is 2.82. The molecule has 4 rings (SSSR count). The van der Waals surface area contributed by atoms with Gasteiger partial charge in [-0.1, -0.05) is 20.8 Å². The number of rotatable bonds is 2. The van der Waals surface area contributed by atoms with E-state index in [4.69, 9.17) is 18.0 Å². The van der Waals surface area contributed by atoms with Crippen LogP contribution in [0.25, 0.3) is 0 Å². The van der Waals surface area contributed by atoms with Crippen molar-refractivity contribution in [2.75, 3.05) is 11.1 Å². The number of pyridine rings is 1. The molecule has 4 N–H and O–H groups in total. The Kier molecular flexibility index (Phi) is 3.56. The first-order valence-corrected chi connectivity index (χ1v) is 8.08. The molecular weight excluding hydrogens is 280 g/mol. The number of nitrogens with one attached hydrogen (secondary N) is 2. The average molecular weight is 304 g/mol. The van der Waals surface area contributed by atoms with Crippen LogP contribution in [0, 0.1) is 23.2 Å². The molecule has 2 bridgehead atoms. The molecule has 0 radical (unpaired) electrons. The molecule has 1 aromatic rings. The van der Waals surface area contributed by atoms with E-state index < -0.39 is 0 Å². The van der Waals surface area contributed by atoms with Gasteiger partial charge in [0.05, 0.1) is 11.9 Å². The van der Waals surface area contributed by atoms with Crippen LogP contribution in [0.15, 0.2) is 18.3 Å². The number of thiocarbonyl (C=S) groups is 1. The van der Waals surface area contributed by atoms with Crippen LogP contribution in [0.4, 0.5) is 11.5 Å². The maximum absolute atomic E-state index is 5.58. The van der Waals surface area contributed by atoms with Crippen LogP contribution < -0.4 is 16.4 Å². The molecule has 1 aromatic heterocycles. The Balaban J connectivity index is 1.57. The fraction of sp³-hybridized carbons (Fsp3) is 0.625. The average Bonchev–Trinajstić information content (AvgIpc) is 2.43. The number of fused-ring (bicyclic) bond motifs is 2. The highest BCUT2D eigenvalue weighted by Crippen LogP contribution is 2.61. The highest BCUT2D eigenvalue weighted by Gasteiger charge is 2.56. The third-order valence-corrected chi connectivity index (χ3v) is 5.93. The number of hydrogen-bond donors (Lipinski definition) is 3. The normalized spacial score (nSPS) is 32.9. The van der Waals surface area contributed by atoms with Gasteiger partial charge in [0, 0.05) is 6.04 Å². The number of anilines is 2. The van der Waals surface area contributed by atoms with Crippen molar-refractivity contribution in [3.8, 4) is 0 Å². The molecule has 0 spiro atoms. The largest absolute Gasteiger partial charge is 0.384 e. The number of nitrogen functional groups attached to an aromatic ring is 1. The summed E-state index contributed by atoms with van der Waals surface area (Å²) in [5, 5.41) is 7.36. The van der Waals surface area contributed by atoms with Crippen molar-refractivity contribution < 1.29 is 0 Å². The third kappa shape index (κ3) is 2.59. The molecule has 3 fully saturated rings. The van der Waals surface area contributed by atoms with Crippen molar-refractivity contribution in [2.45, 2.75) is 39.7 Å². The molecule has 3 aliphatic carbocycles. The molecule has 0 aliphatic heterocycles. The minimum absolute atomic E-state index is 0.475. The summed E-state index contributed by atoms with van der Waals surface area (Å²) in [6.45, 7) is 7.18. The van der Waals surface area contributed by atoms with Crippen LogP contribution in [-0.4, -0.2) is 16.1 Å². The highest BCUT2D eigenvalue weighted by molar-refractivity contribution is 7.80. The second kappa shape index (κ2) is 5.13. The van der Waals surface area contributed by atoms with Gasteiger partial charge in [-0.3, -0.25) is 0 Å². The Morgan fingerprint density at radius 3 is 2.71 bits per heavy atom. The van der Waals surface area contributed by atoms with Crippen molar-refractivity contribution in [1.82, 2.24) is 10.3 Å². The Hall–Kier alpha value is -1.36. The molecule has 3 aliphatic rings. The minimum Gasteiger partial charge on any atom is -0.384 e. The zero-order valence-electron chi connectivity index (χ0n) is 12.9. The van der Waals surface area contributed by atoms with Gasteiger partial charge in [-0.2, -0.15) is 0 Å². The van der Waals surface area contributed by atoms with E-state index in [1.807, 2.05) is 6.07 Å². The molecule has 21 heavy (non-hydrogen) atoms. The molecular formula is C16H24N4S. The van der Waals surface area contributed by atoms with Crippen molar-refractivity contribution >= 4 is 28.8 Å². The number of aromatic nitrogens is 1. The zero-order valence-corrected chi connectivity index (χ0v) is 13.7. The van der Waals surface area contributed by atoms with Crippen molar-refractivity contribution in [3.63, 3.8) is 0 Å². The van der Waals surface area contributed by atoms with Gasteiger partial charge < -0.3 is 16.4 Å². The molecule has 0 amide bonds. The Labute approximate surface area is 131 Å². The summed E-state index contributed by atoms with van der Waals surface area (Å²) in [4.78, 5) is 4.06. The van der Waals surface area contributed by atoms with E-state index in [1.54, 1.807) is 12.3 Å². The highest BCUT2D eigenvalue weighted by atomic mass is 32.1. The van der Waals surface area contributed by atoms with Crippen molar-refractivity contribution in [1.29, 1.82) is 0 Å². The van der Waals surface area contributed by atoms with E-state index in [2.05, 4.69) is 36.4 Å². The summed E-state index contributed by atoms with van der Waals surface area (Å²) < 4.78 is 0. The zero-order chi connectivity index (χ0) is 15.2. The van der Waals surface area contributed by atoms with Crippen LogP contribution in [0.5, 0.6) is 0 Å². The van der Waals surface area contributed by atoms with Crippen LogP contribution in [0.2, 0.25) is 0 Å². The van der Waals surface area contributed by atoms with E-state index in [9.17, 15) is 0 Å². The van der Waals surface area contributed by atoms with Crippen molar-refractivity contribution in [3.05, 3.63) is 18.3 Å². The first kappa shape index (κ1) is 14.6. The van der Waals surface area contributed by atoms with Gasteiger partial charge in [0.2, 0.25) is 0 Å². The van der Waals surface area contributed by atoms with Crippen molar-refractivity contribution in [2.24, 2.45) is 23.2 Å². The van der Waals surface area contributed by atoms with E-state index >= 15 is 0 Å². The standard InChI is InChI=1S/C16H24N4S/c1-9-12-6-10(16(12,2)3)7-13(9)20-15(21)19-11-4-5-14(17)18-8-11/h4-5,8-10,12-13H,6-7H2,1-3H3,(H2,17,18)(H2,19,20,21)/t9-,10?,12-,13?/m0/s1. The van der Waals surface area contributed by atoms with E-state index in [1.165, 1.54) is 12.8 Å². The second-order valence-electron chi connectivity index (χ2n) is 7.13. The first-order chi connectivity index (χ1) is 9.88. The fourth-order valence-electron chi connectivity index (χ4n) is 4.16. The lowest BCUT2D eigenvalue weighted by Gasteiger charge is -2.62. The molecule has 0 aromatic carbocycles. The lowest BCUT2D eigenvalue weighted by atomic mass is 9.45. The molecule has 0 saturated heterocycles. The number of nitrogens with two attached hydrogens (primary N) is 1. The SMILES string of the molecule is C[C@@H]1C(NC(=S)Nc2ccc(N)nc2)CC2C[C@@H]1C2(C)C. The quantitative estimate of drug-likeness (QED) is 0.733. The Morgan fingerprint density at radius 2 is 2.14 bits per heavy atom. The van der Waals surface area contributed by atoms with Crippen LogP contribution in [-0.2, 0) is 0 Å². The predicted molar refractivity (Wildman–Crippen MR) is 91.0 cm³/mol. The predicted octanol–water partition coefficient (Wildman–Crippen LogP) is 3.02. The Morgan fingerprint density at radius 1 is 1.38 bits per heavy atom. The van der Waals surface area contributed by atoms with Gasteiger partial charge in [-0.25, -0.2) is 4.98 Å². The summed E-state index contributed by atoms with van der Waals surface area (Å²) in [6.07, 6.45) is 4.30. The van der Waals surface area contributed by atoms with Crippen LogP contribution >= 0.6 is 12.2 Å². The van der Waals surface area contributed by atoms with E-state index in [-0.39, 0.29) is 0 Å². The maximum Gasteiger partial charge on any atom is 0.171 e. The summed E-state index contributed by atoms with van der Waals surface area (Å²) >= 11 is 5.43. The molecule has 3 saturated carbocycles. The minimum atomic E-state index is 0.475. The maximum atomic E-state index is 5.58. The molecule has 114 valence electrons. The van der Waals surface area contributed by atoms with Crippen LogP contribution in [0.3, 0.4) is 0 Å². The smallest absolute Gasteiger partial charge is 0.171 e. The molecule has 1 heterocycles. The van der Waals surface area contributed by atoms with Gasteiger partial charge in [-0.15, -0.1) is 0 Å². The fourth-order valence-corrected chi connectivity index (χ4v) is 4.42. The molecule has 5 heteroatoms. The van der Waals surface area contributed by atoms with Gasteiger partial charge in [0.15, 0.2) is 5.11 Å². The monoisotopic (exact) mass is 304 g/mol. The van der Waals surface area contributed by atoms with Gasteiger partial charge in [-0.05, 0) is 60.4 Å². The lowest BCUT2D eigenvalue weighted by molar-refractivity contribution is -0.111. The van der Waals surface area contributed by atoms with Gasteiger partial charge in [0.1, 0.15) is 5.82 Å². The van der Waals surface area contributed by atoms with E-state index in [0.717, 1.165) is 17.5 Å². The second-order valence-corrected chi connectivity index (χ2v) is 7.54. The summed E-state index contributed by atoms with van der Waals surface area (Å²) in [6, 6.07) is 4.14. The van der Waals surface area contributed by atoms with Crippen LogP contribution in [0.1, 0.15) is 33.6 Å². The molecule has 4 nitrogen and oxygen atoms in total.